The fraction of sp³-hybridized carbons (Fsp3) is 0.316. The maximum absolute atomic E-state index is 12.3. The van der Waals surface area contributed by atoms with Gasteiger partial charge in [-0.3, -0.25) is 4.79 Å². The van der Waals surface area contributed by atoms with Crippen LogP contribution in [0.25, 0.3) is 0 Å². The molecule has 0 fully saturated rings. The van der Waals surface area contributed by atoms with Gasteiger partial charge in [0.2, 0.25) is 5.91 Å². The second-order valence-corrected chi connectivity index (χ2v) is 5.35. The van der Waals surface area contributed by atoms with E-state index in [1.54, 1.807) is 21.3 Å². The van der Waals surface area contributed by atoms with Crippen LogP contribution in [0.4, 0.5) is 0 Å². The van der Waals surface area contributed by atoms with Gasteiger partial charge >= 0.3 is 0 Å². The number of nitrogens with one attached hydrogen (secondary N) is 1. The first-order chi connectivity index (χ1) is 11.6. The van der Waals surface area contributed by atoms with Gasteiger partial charge in [0.05, 0.1) is 27.8 Å². The Kier molecular flexibility index (Phi) is 6.07. The minimum absolute atomic E-state index is 0.0798. The minimum atomic E-state index is -0.0798. The summed E-state index contributed by atoms with van der Waals surface area (Å²) in [4.78, 5) is 12.3. The van der Waals surface area contributed by atoms with Gasteiger partial charge in [-0.2, -0.15) is 0 Å². The van der Waals surface area contributed by atoms with E-state index >= 15 is 0 Å². The maximum atomic E-state index is 12.3. The normalized spacial score (nSPS) is 10.2. The fourth-order valence-electron chi connectivity index (χ4n) is 2.65. The van der Waals surface area contributed by atoms with Crippen molar-refractivity contribution in [3.8, 4) is 17.2 Å². The van der Waals surface area contributed by atoms with E-state index in [9.17, 15) is 4.79 Å². The van der Waals surface area contributed by atoms with E-state index in [0.717, 1.165) is 28.2 Å². The number of carbonyl (C=O) groups is 1. The molecule has 0 saturated heterocycles. The standard InChI is InChI=1S/C19H23NO4/c1-13-16(22-2)10-9-14(19(13)24-4)11-18(21)20-12-15-7-5-6-8-17(15)23-3/h5-10H,11-12H2,1-4H3,(H,20,21). The van der Waals surface area contributed by atoms with Crippen LogP contribution in [0.5, 0.6) is 17.2 Å². The highest BCUT2D eigenvalue weighted by Gasteiger charge is 2.14. The van der Waals surface area contributed by atoms with Gasteiger partial charge in [-0.05, 0) is 19.1 Å². The lowest BCUT2D eigenvalue weighted by Crippen LogP contribution is -2.25. The van der Waals surface area contributed by atoms with Crippen molar-refractivity contribution in [2.45, 2.75) is 19.9 Å². The predicted molar refractivity (Wildman–Crippen MR) is 92.8 cm³/mol. The number of carbonyl (C=O) groups excluding carboxylic acids is 1. The molecule has 0 aliphatic carbocycles. The number of para-hydroxylation sites is 1. The Bertz CT molecular complexity index is 713. The average molecular weight is 329 g/mol. The summed E-state index contributed by atoms with van der Waals surface area (Å²) in [6.07, 6.45) is 0.239. The number of hydrogen-bond donors (Lipinski definition) is 1. The summed E-state index contributed by atoms with van der Waals surface area (Å²) in [6, 6.07) is 11.3. The molecule has 1 N–H and O–H groups in total. The van der Waals surface area contributed by atoms with Gasteiger partial charge in [0.1, 0.15) is 17.2 Å². The summed E-state index contributed by atoms with van der Waals surface area (Å²) in [5.74, 6) is 2.10. The SMILES string of the molecule is COc1ccccc1CNC(=O)Cc1ccc(OC)c(C)c1OC. The van der Waals surface area contributed by atoms with Crippen LogP contribution < -0.4 is 19.5 Å². The van der Waals surface area contributed by atoms with Gasteiger partial charge in [0.25, 0.3) is 0 Å². The predicted octanol–water partition coefficient (Wildman–Crippen LogP) is 2.88. The van der Waals surface area contributed by atoms with E-state index in [4.69, 9.17) is 14.2 Å². The molecule has 24 heavy (non-hydrogen) atoms. The number of rotatable bonds is 7. The van der Waals surface area contributed by atoms with Gasteiger partial charge in [-0.15, -0.1) is 0 Å². The topological polar surface area (TPSA) is 56.8 Å². The van der Waals surface area contributed by atoms with E-state index in [2.05, 4.69) is 5.32 Å². The Morgan fingerprint density at radius 3 is 2.29 bits per heavy atom. The third-order valence-corrected chi connectivity index (χ3v) is 3.88. The van der Waals surface area contributed by atoms with E-state index in [1.807, 2.05) is 43.3 Å². The van der Waals surface area contributed by atoms with E-state index < -0.39 is 0 Å². The van der Waals surface area contributed by atoms with Crippen molar-refractivity contribution in [1.29, 1.82) is 0 Å². The Hall–Kier alpha value is -2.69. The lowest BCUT2D eigenvalue weighted by molar-refractivity contribution is -0.120. The Morgan fingerprint density at radius 1 is 0.917 bits per heavy atom. The molecule has 0 spiro atoms. The zero-order valence-corrected chi connectivity index (χ0v) is 14.5. The number of methoxy groups -OCH3 is 3. The van der Waals surface area contributed by atoms with Gasteiger partial charge < -0.3 is 19.5 Å². The van der Waals surface area contributed by atoms with E-state index in [1.165, 1.54) is 0 Å². The molecule has 0 atom stereocenters. The molecule has 1 amide bonds. The number of amides is 1. The summed E-state index contributed by atoms with van der Waals surface area (Å²) < 4.78 is 16.0. The molecule has 0 unspecified atom stereocenters. The Morgan fingerprint density at radius 2 is 1.62 bits per heavy atom. The molecule has 0 radical (unpaired) electrons. The summed E-state index contributed by atoms with van der Waals surface area (Å²) in [7, 11) is 4.82. The Balaban J connectivity index is 2.06. The van der Waals surface area contributed by atoms with Crippen molar-refractivity contribution in [3.05, 3.63) is 53.1 Å². The molecule has 128 valence electrons. The summed E-state index contributed by atoms with van der Waals surface area (Å²) in [5, 5.41) is 2.92. The van der Waals surface area contributed by atoms with Crippen molar-refractivity contribution < 1.29 is 19.0 Å². The highest BCUT2D eigenvalue weighted by molar-refractivity contribution is 5.79. The highest BCUT2D eigenvalue weighted by Crippen LogP contribution is 2.31. The minimum Gasteiger partial charge on any atom is -0.496 e. The van der Waals surface area contributed by atoms with Crippen LogP contribution >= 0.6 is 0 Å². The second-order valence-electron chi connectivity index (χ2n) is 5.35. The molecular weight excluding hydrogens is 306 g/mol. The molecule has 0 heterocycles. The van der Waals surface area contributed by atoms with Crippen LogP contribution in [-0.4, -0.2) is 27.2 Å². The number of benzene rings is 2. The van der Waals surface area contributed by atoms with Gasteiger partial charge in [0, 0.05) is 23.2 Å². The van der Waals surface area contributed by atoms with E-state index in [0.29, 0.717) is 12.3 Å². The van der Waals surface area contributed by atoms with Crippen LogP contribution in [0.3, 0.4) is 0 Å². The van der Waals surface area contributed by atoms with Crippen LogP contribution in [-0.2, 0) is 17.8 Å². The van der Waals surface area contributed by atoms with Crippen molar-refractivity contribution in [3.63, 3.8) is 0 Å². The van der Waals surface area contributed by atoms with Crippen molar-refractivity contribution in [2.24, 2.45) is 0 Å². The van der Waals surface area contributed by atoms with Gasteiger partial charge in [-0.25, -0.2) is 0 Å². The smallest absolute Gasteiger partial charge is 0.224 e. The number of hydrogen-bond acceptors (Lipinski definition) is 4. The lowest BCUT2D eigenvalue weighted by Gasteiger charge is -2.15. The second kappa shape index (κ2) is 8.24. The molecule has 0 aliphatic rings. The molecule has 0 aromatic heterocycles. The van der Waals surface area contributed by atoms with Gasteiger partial charge in [0.15, 0.2) is 0 Å². The van der Waals surface area contributed by atoms with Crippen LogP contribution in [0.15, 0.2) is 36.4 Å². The number of ether oxygens (including phenoxy) is 3. The Labute approximate surface area is 142 Å². The lowest BCUT2D eigenvalue weighted by atomic mass is 10.1. The molecule has 5 nitrogen and oxygen atoms in total. The molecule has 2 aromatic rings. The molecular formula is C19H23NO4. The first-order valence-electron chi connectivity index (χ1n) is 7.69. The molecule has 0 saturated carbocycles. The van der Waals surface area contributed by atoms with Crippen LogP contribution in [0.1, 0.15) is 16.7 Å². The third-order valence-electron chi connectivity index (χ3n) is 3.88. The van der Waals surface area contributed by atoms with Crippen molar-refractivity contribution >= 4 is 5.91 Å². The molecule has 2 aromatic carbocycles. The first kappa shape index (κ1) is 17.7. The van der Waals surface area contributed by atoms with E-state index in [-0.39, 0.29) is 12.3 Å². The quantitative estimate of drug-likeness (QED) is 0.848. The van der Waals surface area contributed by atoms with Crippen LogP contribution in [0, 0.1) is 6.92 Å². The summed E-state index contributed by atoms with van der Waals surface area (Å²) in [6.45, 7) is 2.33. The van der Waals surface area contributed by atoms with Gasteiger partial charge in [-0.1, -0.05) is 24.3 Å². The first-order valence-corrected chi connectivity index (χ1v) is 7.69. The molecule has 2 rings (SSSR count). The molecule has 0 bridgehead atoms. The largest absolute Gasteiger partial charge is 0.496 e. The fourth-order valence-corrected chi connectivity index (χ4v) is 2.65. The third kappa shape index (κ3) is 3.98. The zero-order valence-electron chi connectivity index (χ0n) is 14.5. The van der Waals surface area contributed by atoms with Crippen LogP contribution in [0.2, 0.25) is 0 Å². The summed E-state index contributed by atoms with van der Waals surface area (Å²) in [5.41, 5.74) is 2.65. The maximum Gasteiger partial charge on any atom is 0.224 e. The highest BCUT2D eigenvalue weighted by atomic mass is 16.5. The molecule has 5 heteroatoms. The monoisotopic (exact) mass is 329 g/mol. The van der Waals surface area contributed by atoms with Crippen molar-refractivity contribution in [1.82, 2.24) is 5.32 Å². The zero-order chi connectivity index (χ0) is 17.5. The van der Waals surface area contributed by atoms with Crippen molar-refractivity contribution in [2.75, 3.05) is 21.3 Å². The molecule has 0 aliphatic heterocycles. The average Bonchev–Trinajstić information content (AvgIpc) is 2.60. The summed E-state index contributed by atoms with van der Waals surface area (Å²) >= 11 is 0.